The van der Waals surface area contributed by atoms with Gasteiger partial charge in [0.1, 0.15) is 23.9 Å². The summed E-state index contributed by atoms with van der Waals surface area (Å²) in [5, 5.41) is 9.26. The van der Waals surface area contributed by atoms with E-state index in [0.29, 0.717) is 31.4 Å². The van der Waals surface area contributed by atoms with E-state index < -0.39 is 24.0 Å². The van der Waals surface area contributed by atoms with E-state index in [0.717, 1.165) is 18.4 Å². The number of ether oxygens (including phenoxy) is 3. The number of nitrogens with zero attached hydrogens (tertiary/aromatic N) is 1. The molecule has 1 N–H and O–H groups in total. The first-order valence-electron chi connectivity index (χ1n) is 13.2. The molecular formula is C29H38FNO6. The van der Waals surface area contributed by atoms with E-state index in [1.165, 1.54) is 50.3 Å². The molecule has 8 heteroatoms. The van der Waals surface area contributed by atoms with Crippen LogP contribution in [0.15, 0.2) is 48.5 Å². The standard InChI is InChI=1S/C29H38FNO6/c1-2-35-27(28(32)33)20-23-13-15-25(16-14-23)36-19-18-31(17-7-10-22-8-4-3-5-9-22)29(34)37-26-12-6-11-24(30)21-26/h6,11-16,21-22,27H,2-5,7-10,17-20H2,1H3,(H,32,33). The van der Waals surface area contributed by atoms with Gasteiger partial charge >= 0.3 is 12.1 Å². The lowest BCUT2D eigenvalue weighted by atomic mass is 9.86. The highest BCUT2D eigenvalue weighted by atomic mass is 19.1. The molecule has 1 fully saturated rings. The normalized spacial score (nSPS) is 14.6. The van der Waals surface area contributed by atoms with Crippen molar-refractivity contribution in [1.29, 1.82) is 0 Å². The van der Waals surface area contributed by atoms with Gasteiger partial charge in [0.15, 0.2) is 6.10 Å². The third kappa shape index (κ3) is 10.0. The third-order valence-corrected chi connectivity index (χ3v) is 6.64. The quantitative estimate of drug-likeness (QED) is 0.327. The number of carboxylic acid groups (broad SMARTS) is 1. The molecule has 0 aromatic heterocycles. The molecule has 1 amide bonds. The second-order valence-corrected chi connectivity index (χ2v) is 9.44. The molecule has 7 nitrogen and oxygen atoms in total. The zero-order valence-electron chi connectivity index (χ0n) is 21.6. The zero-order valence-corrected chi connectivity index (χ0v) is 21.6. The van der Waals surface area contributed by atoms with Crippen molar-refractivity contribution in [2.24, 2.45) is 5.92 Å². The topological polar surface area (TPSA) is 85.3 Å². The molecule has 0 saturated heterocycles. The summed E-state index contributed by atoms with van der Waals surface area (Å²) in [4.78, 5) is 25.8. The molecule has 3 rings (SSSR count). The maximum Gasteiger partial charge on any atom is 0.415 e. The summed E-state index contributed by atoms with van der Waals surface area (Å²) in [5.74, 6) is 0.0546. The first-order valence-corrected chi connectivity index (χ1v) is 13.2. The molecule has 202 valence electrons. The smallest absolute Gasteiger partial charge is 0.415 e. The average Bonchev–Trinajstić information content (AvgIpc) is 2.89. The highest BCUT2D eigenvalue weighted by Gasteiger charge is 2.20. The van der Waals surface area contributed by atoms with E-state index in [9.17, 15) is 19.1 Å². The van der Waals surface area contributed by atoms with Crippen molar-refractivity contribution in [3.8, 4) is 11.5 Å². The van der Waals surface area contributed by atoms with Gasteiger partial charge in [-0.3, -0.25) is 0 Å². The molecule has 1 unspecified atom stereocenters. The largest absolute Gasteiger partial charge is 0.492 e. The van der Waals surface area contributed by atoms with Crippen molar-refractivity contribution in [2.45, 2.75) is 64.4 Å². The van der Waals surface area contributed by atoms with E-state index in [2.05, 4.69) is 0 Å². The minimum absolute atomic E-state index is 0.172. The number of amides is 1. The Balaban J connectivity index is 1.52. The van der Waals surface area contributed by atoms with Crippen LogP contribution in [0.1, 0.15) is 57.4 Å². The fourth-order valence-corrected chi connectivity index (χ4v) is 4.67. The Labute approximate surface area is 218 Å². The minimum Gasteiger partial charge on any atom is -0.492 e. The van der Waals surface area contributed by atoms with Gasteiger partial charge in [0.25, 0.3) is 0 Å². The molecule has 0 bridgehead atoms. The molecule has 2 aromatic rings. The van der Waals surface area contributed by atoms with Gasteiger partial charge in [-0.15, -0.1) is 0 Å². The predicted molar refractivity (Wildman–Crippen MR) is 138 cm³/mol. The Kier molecular flexibility index (Phi) is 11.7. The maximum atomic E-state index is 13.5. The molecule has 0 heterocycles. The van der Waals surface area contributed by atoms with Crippen molar-refractivity contribution in [2.75, 3.05) is 26.3 Å². The number of aliphatic carboxylic acids is 1. The number of carboxylic acids is 1. The lowest BCUT2D eigenvalue weighted by Gasteiger charge is -2.25. The van der Waals surface area contributed by atoms with E-state index in [1.807, 2.05) is 12.1 Å². The van der Waals surface area contributed by atoms with Crippen molar-refractivity contribution in [1.82, 2.24) is 4.90 Å². The van der Waals surface area contributed by atoms with Crippen LogP contribution in [-0.4, -0.2) is 54.5 Å². The number of hydrogen-bond donors (Lipinski definition) is 1. The van der Waals surface area contributed by atoms with Crippen LogP contribution in [0.2, 0.25) is 0 Å². The Hall–Kier alpha value is -3.13. The molecule has 1 aliphatic rings. The SMILES string of the molecule is CCOC(Cc1ccc(OCCN(CCCC2CCCCC2)C(=O)Oc2cccc(F)c2)cc1)C(=O)O. The second-order valence-electron chi connectivity index (χ2n) is 9.44. The Morgan fingerprint density at radius 1 is 1.05 bits per heavy atom. The number of carbonyl (C=O) groups excluding carboxylic acids is 1. The van der Waals surface area contributed by atoms with E-state index in [4.69, 9.17) is 14.2 Å². The number of benzene rings is 2. The summed E-state index contributed by atoms with van der Waals surface area (Å²) in [7, 11) is 0. The summed E-state index contributed by atoms with van der Waals surface area (Å²) in [6.07, 6.45) is 7.20. The average molecular weight is 516 g/mol. The Morgan fingerprint density at radius 2 is 1.81 bits per heavy atom. The predicted octanol–water partition coefficient (Wildman–Crippen LogP) is 6.10. The molecule has 2 aromatic carbocycles. The third-order valence-electron chi connectivity index (χ3n) is 6.64. The molecule has 0 spiro atoms. The van der Waals surface area contributed by atoms with Crippen molar-refractivity contribution >= 4 is 12.1 Å². The fraction of sp³-hybridized carbons (Fsp3) is 0.517. The minimum atomic E-state index is -0.990. The van der Waals surface area contributed by atoms with Gasteiger partial charge in [0.2, 0.25) is 0 Å². The van der Waals surface area contributed by atoms with Gasteiger partial charge in [0, 0.05) is 25.6 Å². The van der Waals surface area contributed by atoms with Gasteiger partial charge < -0.3 is 24.2 Å². The van der Waals surface area contributed by atoms with Crippen molar-refractivity contribution < 1.29 is 33.3 Å². The van der Waals surface area contributed by atoms with Crippen LogP contribution in [-0.2, 0) is 16.0 Å². The lowest BCUT2D eigenvalue weighted by molar-refractivity contribution is -0.149. The summed E-state index contributed by atoms with van der Waals surface area (Å²) in [5.41, 5.74) is 0.830. The first-order chi connectivity index (χ1) is 17.9. The monoisotopic (exact) mass is 515 g/mol. The number of carbonyl (C=O) groups is 2. The van der Waals surface area contributed by atoms with Crippen LogP contribution in [0.4, 0.5) is 9.18 Å². The van der Waals surface area contributed by atoms with Crippen LogP contribution in [0.25, 0.3) is 0 Å². The van der Waals surface area contributed by atoms with Crippen LogP contribution in [0.5, 0.6) is 11.5 Å². The molecule has 1 atom stereocenters. The highest BCUT2D eigenvalue weighted by Crippen LogP contribution is 2.27. The zero-order chi connectivity index (χ0) is 26.5. The molecule has 1 aliphatic carbocycles. The summed E-state index contributed by atoms with van der Waals surface area (Å²) in [6.45, 7) is 3.22. The first kappa shape index (κ1) is 28.4. The highest BCUT2D eigenvalue weighted by molar-refractivity contribution is 5.72. The molecule has 1 saturated carbocycles. The molecule has 37 heavy (non-hydrogen) atoms. The summed E-state index contributed by atoms with van der Waals surface area (Å²) in [6, 6.07) is 12.7. The Bertz CT molecular complexity index is 977. The van der Waals surface area contributed by atoms with Gasteiger partial charge in [-0.05, 0) is 55.5 Å². The number of hydrogen-bond acceptors (Lipinski definition) is 5. The van der Waals surface area contributed by atoms with Crippen LogP contribution >= 0.6 is 0 Å². The fourth-order valence-electron chi connectivity index (χ4n) is 4.67. The maximum absolute atomic E-state index is 13.5. The van der Waals surface area contributed by atoms with Crippen molar-refractivity contribution in [3.63, 3.8) is 0 Å². The summed E-state index contributed by atoms with van der Waals surface area (Å²) < 4.78 is 30.1. The van der Waals surface area contributed by atoms with Crippen LogP contribution < -0.4 is 9.47 Å². The molecule has 0 aliphatic heterocycles. The van der Waals surface area contributed by atoms with Crippen LogP contribution in [0.3, 0.4) is 0 Å². The van der Waals surface area contributed by atoms with Gasteiger partial charge in [-0.1, -0.05) is 50.3 Å². The van der Waals surface area contributed by atoms with Crippen molar-refractivity contribution in [3.05, 3.63) is 59.9 Å². The molecular weight excluding hydrogens is 477 g/mol. The molecule has 0 radical (unpaired) electrons. The lowest BCUT2D eigenvalue weighted by Crippen LogP contribution is -2.37. The van der Waals surface area contributed by atoms with E-state index in [-0.39, 0.29) is 18.8 Å². The van der Waals surface area contributed by atoms with E-state index >= 15 is 0 Å². The van der Waals surface area contributed by atoms with Gasteiger partial charge in [-0.25, -0.2) is 14.0 Å². The second kappa shape index (κ2) is 15.2. The Morgan fingerprint density at radius 3 is 2.49 bits per heavy atom. The summed E-state index contributed by atoms with van der Waals surface area (Å²) >= 11 is 0. The number of rotatable bonds is 14. The van der Waals surface area contributed by atoms with E-state index in [1.54, 1.807) is 30.0 Å². The number of halogens is 1. The van der Waals surface area contributed by atoms with Gasteiger partial charge in [0.05, 0.1) is 6.54 Å². The van der Waals surface area contributed by atoms with Crippen LogP contribution in [0, 0.1) is 11.7 Å². The van der Waals surface area contributed by atoms with Gasteiger partial charge in [-0.2, -0.15) is 0 Å².